The zero-order chi connectivity index (χ0) is 18.3. The molecule has 7 heteroatoms. The molecule has 1 aromatic rings. The van der Waals surface area contributed by atoms with Crippen molar-refractivity contribution in [2.75, 3.05) is 39.8 Å². The van der Waals surface area contributed by atoms with Crippen LogP contribution in [0.25, 0.3) is 0 Å². The van der Waals surface area contributed by atoms with Gasteiger partial charge in [0.2, 0.25) is 5.91 Å². The summed E-state index contributed by atoms with van der Waals surface area (Å²) in [4.78, 5) is 29.9. The number of hydrogen-bond donors (Lipinski definition) is 1. The average Bonchev–Trinajstić information content (AvgIpc) is 3.35. The Bertz CT molecular complexity index is 714. The maximum atomic E-state index is 13.1. The normalized spacial score (nSPS) is 27.7. The van der Waals surface area contributed by atoms with Crippen LogP contribution >= 0.6 is 11.6 Å². The number of carbonyl (C=O) groups is 2. The molecule has 1 N–H and O–H groups in total. The molecule has 3 atom stereocenters. The van der Waals surface area contributed by atoms with Gasteiger partial charge in [-0.2, -0.15) is 0 Å². The van der Waals surface area contributed by atoms with E-state index in [1.807, 2.05) is 4.90 Å². The summed E-state index contributed by atoms with van der Waals surface area (Å²) in [5.74, 6) is 1.50. The summed E-state index contributed by atoms with van der Waals surface area (Å²) in [6.07, 6.45) is 1.56. The van der Waals surface area contributed by atoms with Crippen molar-refractivity contribution in [2.24, 2.45) is 11.8 Å². The number of hydrogen-bond acceptors (Lipinski definition) is 4. The Balaban J connectivity index is 1.52. The molecule has 0 spiro atoms. The molecule has 1 aromatic carbocycles. The Morgan fingerprint density at radius 3 is 2.65 bits per heavy atom. The number of amides is 2. The first-order chi connectivity index (χ1) is 12.6. The average molecular weight is 378 g/mol. The molecule has 1 unspecified atom stereocenters. The predicted molar refractivity (Wildman–Crippen MR) is 98.5 cm³/mol. The number of likely N-dealkylation sites (tertiary alicyclic amines) is 2. The first-order valence-corrected chi connectivity index (χ1v) is 9.60. The van der Waals surface area contributed by atoms with Crippen molar-refractivity contribution < 1.29 is 14.3 Å². The van der Waals surface area contributed by atoms with Crippen molar-refractivity contribution in [3.8, 4) is 5.75 Å². The molecule has 0 aromatic heterocycles. The second kappa shape index (κ2) is 7.08. The molecule has 0 aliphatic carbocycles. The molecule has 0 saturated carbocycles. The zero-order valence-electron chi connectivity index (χ0n) is 14.9. The van der Waals surface area contributed by atoms with Gasteiger partial charge in [0.05, 0.1) is 12.7 Å². The van der Waals surface area contributed by atoms with Crippen molar-refractivity contribution in [3.63, 3.8) is 0 Å². The van der Waals surface area contributed by atoms with Crippen LogP contribution in [0.1, 0.15) is 23.2 Å². The molecule has 3 heterocycles. The minimum atomic E-state index is -0.377. The van der Waals surface area contributed by atoms with Crippen LogP contribution in [0, 0.1) is 11.8 Å². The number of carbonyl (C=O) groups excluding carboxylic acids is 2. The van der Waals surface area contributed by atoms with Gasteiger partial charge in [0.25, 0.3) is 5.91 Å². The first kappa shape index (κ1) is 17.6. The molecule has 3 aliphatic heterocycles. The van der Waals surface area contributed by atoms with Gasteiger partial charge in [0, 0.05) is 37.7 Å². The van der Waals surface area contributed by atoms with E-state index < -0.39 is 0 Å². The summed E-state index contributed by atoms with van der Waals surface area (Å²) in [6.45, 7) is 4.17. The van der Waals surface area contributed by atoms with Crippen molar-refractivity contribution in [2.45, 2.75) is 18.9 Å². The summed E-state index contributed by atoms with van der Waals surface area (Å²) in [6, 6.07) is 4.63. The molecule has 140 valence electrons. The number of nitrogens with zero attached hydrogens (tertiary/aromatic N) is 2. The maximum absolute atomic E-state index is 13.1. The number of fused-ring (bicyclic) bond motifs is 1. The second-order valence-corrected chi connectivity index (χ2v) is 7.86. The van der Waals surface area contributed by atoms with Crippen LogP contribution in [-0.2, 0) is 4.79 Å². The molecule has 3 aliphatic rings. The topological polar surface area (TPSA) is 61.9 Å². The Labute approximate surface area is 158 Å². The van der Waals surface area contributed by atoms with E-state index in [9.17, 15) is 9.59 Å². The summed E-state index contributed by atoms with van der Waals surface area (Å²) >= 11 is 6.07. The fraction of sp³-hybridized carbons (Fsp3) is 0.579. The van der Waals surface area contributed by atoms with Gasteiger partial charge < -0.3 is 19.9 Å². The molecule has 4 rings (SSSR count). The summed E-state index contributed by atoms with van der Waals surface area (Å²) in [5.41, 5.74) is 0.419. The first-order valence-electron chi connectivity index (χ1n) is 9.22. The number of rotatable bonds is 3. The van der Waals surface area contributed by atoms with Gasteiger partial charge in [-0.25, -0.2) is 0 Å². The molecule has 0 bridgehead atoms. The van der Waals surface area contributed by atoms with E-state index in [1.165, 1.54) is 7.11 Å². The van der Waals surface area contributed by atoms with Crippen LogP contribution in [0.3, 0.4) is 0 Å². The molecular weight excluding hydrogens is 354 g/mol. The van der Waals surface area contributed by atoms with Gasteiger partial charge in [-0.15, -0.1) is 0 Å². The zero-order valence-corrected chi connectivity index (χ0v) is 15.7. The lowest BCUT2D eigenvalue weighted by Crippen LogP contribution is -2.47. The number of benzene rings is 1. The van der Waals surface area contributed by atoms with Gasteiger partial charge in [-0.3, -0.25) is 9.59 Å². The Kier molecular flexibility index (Phi) is 4.80. The van der Waals surface area contributed by atoms with Crippen LogP contribution in [0.5, 0.6) is 5.75 Å². The lowest BCUT2D eigenvalue weighted by molar-refractivity contribution is -0.134. The summed E-state index contributed by atoms with van der Waals surface area (Å²) < 4.78 is 5.32. The standard InChI is InChI=1S/C19H24ClN3O3/c1-26-17-5-4-14(20)7-15(17)18(24)23-6-2-3-16(23)19(25)22-10-12-8-21-9-13(12)11-22/h4-5,7,12-13,16,21H,2-3,6,8-11H2,1H3/t12-,13+,16?. The third-order valence-corrected chi connectivity index (χ3v) is 6.13. The third kappa shape index (κ3) is 3.05. The van der Waals surface area contributed by atoms with Crippen molar-refractivity contribution in [1.29, 1.82) is 0 Å². The largest absolute Gasteiger partial charge is 0.496 e. The van der Waals surface area contributed by atoms with Crippen molar-refractivity contribution in [1.82, 2.24) is 15.1 Å². The number of nitrogens with one attached hydrogen (secondary N) is 1. The van der Waals surface area contributed by atoms with Crippen molar-refractivity contribution >= 4 is 23.4 Å². The monoisotopic (exact) mass is 377 g/mol. The third-order valence-electron chi connectivity index (χ3n) is 5.89. The van der Waals surface area contributed by atoms with Gasteiger partial charge in [-0.05, 0) is 42.9 Å². The van der Waals surface area contributed by atoms with Crippen LogP contribution in [-0.4, -0.2) is 67.5 Å². The Morgan fingerprint density at radius 2 is 1.96 bits per heavy atom. The molecular formula is C19H24ClN3O3. The van der Waals surface area contributed by atoms with E-state index in [0.29, 0.717) is 34.7 Å². The summed E-state index contributed by atoms with van der Waals surface area (Å²) in [7, 11) is 1.53. The highest BCUT2D eigenvalue weighted by molar-refractivity contribution is 6.31. The lowest BCUT2D eigenvalue weighted by atomic mass is 10.0. The van der Waals surface area contributed by atoms with Gasteiger partial charge in [0.1, 0.15) is 11.8 Å². The minimum absolute atomic E-state index is 0.0891. The van der Waals surface area contributed by atoms with Gasteiger partial charge >= 0.3 is 0 Å². The van der Waals surface area contributed by atoms with Crippen LogP contribution in [0.4, 0.5) is 0 Å². The van der Waals surface area contributed by atoms with Crippen LogP contribution < -0.4 is 10.1 Å². The fourth-order valence-corrected chi connectivity index (χ4v) is 4.69. The van der Waals surface area contributed by atoms with E-state index in [0.717, 1.165) is 39.0 Å². The van der Waals surface area contributed by atoms with E-state index in [1.54, 1.807) is 23.1 Å². The lowest BCUT2D eigenvalue weighted by Gasteiger charge is -2.29. The summed E-state index contributed by atoms with van der Waals surface area (Å²) in [5, 5.41) is 3.87. The Hall–Kier alpha value is -1.79. The molecule has 26 heavy (non-hydrogen) atoms. The molecule has 3 saturated heterocycles. The van der Waals surface area contributed by atoms with Crippen molar-refractivity contribution in [3.05, 3.63) is 28.8 Å². The number of halogens is 1. The van der Waals surface area contributed by atoms with Crippen LogP contribution in [0.15, 0.2) is 18.2 Å². The number of ether oxygens (including phenoxy) is 1. The number of methoxy groups -OCH3 is 1. The van der Waals surface area contributed by atoms with Gasteiger partial charge in [0.15, 0.2) is 0 Å². The Morgan fingerprint density at radius 1 is 1.23 bits per heavy atom. The van der Waals surface area contributed by atoms with Gasteiger partial charge in [-0.1, -0.05) is 11.6 Å². The highest BCUT2D eigenvalue weighted by Crippen LogP contribution is 2.31. The van der Waals surface area contributed by atoms with Crippen LogP contribution in [0.2, 0.25) is 5.02 Å². The smallest absolute Gasteiger partial charge is 0.258 e. The second-order valence-electron chi connectivity index (χ2n) is 7.42. The highest BCUT2D eigenvalue weighted by Gasteiger charge is 2.43. The fourth-order valence-electron chi connectivity index (χ4n) is 4.51. The van der Waals surface area contributed by atoms with E-state index in [2.05, 4.69) is 5.32 Å². The minimum Gasteiger partial charge on any atom is -0.496 e. The highest BCUT2D eigenvalue weighted by atomic mass is 35.5. The molecule has 0 radical (unpaired) electrons. The van der Waals surface area contributed by atoms with E-state index in [-0.39, 0.29) is 17.9 Å². The maximum Gasteiger partial charge on any atom is 0.258 e. The van der Waals surface area contributed by atoms with E-state index in [4.69, 9.17) is 16.3 Å². The molecule has 2 amide bonds. The molecule has 6 nitrogen and oxygen atoms in total. The molecule has 3 fully saturated rings. The van der Waals surface area contributed by atoms with E-state index >= 15 is 0 Å². The SMILES string of the molecule is COc1ccc(Cl)cc1C(=O)N1CCCC1C(=O)N1C[C@H]2CNC[C@H]2C1. The predicted octanol–water partition coefficient (Wildman–Crippen LogP) is 1.63. The quantitative estimate of drug-likeness (QED) is 0.869.